The SMILES string of the molecule is CCCCn1c(=O)[nH]c(=O)c2[nH]c(C(Cc3ccccc3F)c3ccc(NS(=O)(=O)c4ccc(OC(F)(F)F)cc4)cc3)nc21. The maximum Gasteiger partial charge on any atom is 0.573 e. The molecule has 236 valence electrons. The number of alkyl halides is 3. The third-order valence-electron chi connectivity index (χ3n) is 7.03. The second kappa shape index (κ2) is 12.6. The second-order valence-electron chi connectivity index (χ2n) is 10.2. The average molecular weight is 646 g/mol. The van der Waals surface area contributed by atoms with E-state index in [-0.39, 0.29) is 28.2 Å². The zero-order valence-corrected chi connectivity index (χ0v) is 24.5. The lowest BCUT2D eigenvalue weighted by Gasteiger charge is -2.17. The number of H-pyrrole nitrogens is 2. The average Bonchev–Trinajstić information content (AvgIpc) is 3.42. The Hall–Kier alpha value is -4.92. The van der Waals surface area contributed by atoms with Crippen LogP contribution in [0.4, 0.5) is 23.2 Å². The van der Waals surface area contributed by atoms with Crippen LogP contribution in [0.15, 0.2) is 87.3 Å². The lowest BCUT2D eigenvalue weighted by Crippen LogP contribution is -2.30. The van der Waals surface area contributed by atoms with E-state index < -0.39 is 45.1 Å². The first-order valence-electron chi connectivity index (χ1n) is 13.8. The van der Waals surface area contributed by atoms with Crippen molar-refractivity contribution in [1.82, 2.24) is 19.5 Å². The van der Waals surface area contributed by atoms with Gasteiger partial charge in [0.25, 0.3) is 15.6 Å². The van der Waals surface area contributed by atoms with Gasteiger partial charge >= 0.3 is 12.1 Å². The number of anilines is 1. The molecular formula is C30H27F4N5O5S. The molecule has 2 heterocycles. The molecule has 0 amide bonds. The summed E-state index contributed by atoms with van der Waals surface area (Å²) in [5.41, 5.74) is 0.124. The number of hydrogen-bond donors (Lipinski definition) is 3. The van der Waals surface area contributed by atoms with Crippen molar-refractivity contribution in [2.75, 3.05) is 4.72 Å². The molecule has 3 N–H and O–H groups in total. The molecule has 2 aromatic heterocycles. The molecule has 5 rings (SSSR count). The van der Waals surface area contributed by atoms with Crippen LogP contribution in [0.3, 0.4) is 0 Å². The zero-order chi connectivity index (χ0) is 32.4. The Labute approximate surface area is 253 Å². The van der Waals surface area contributed by atoms with Crippen molar-refractivity contribution in [3.8, 4) is 5.75 Å². The lowest BCUT2D eigenvalue weighted by atomic mass is 9.91. The maximum atomic E-state index is 14.8. The van der Waals surface area contributed by atoms with Crippen LogP contribution in [0.2, 0.25) is 0 Å². The number of aryl methyl sites for hydroxylation is 1. The molecule has 0 radical (unpaired) electrons. The Bertz CT molecular complexity index is 2040. The van der Waals surface area contributed by atoms with Crippen molar-refractivity contribution >= 4 is 26.9 Å². The Kier molecular flexibility index (Phi) is 8.82. The largest absolute Gasteiger partial charge is 0.573 e. The Morgan fingerprint density at radius 3 is 2.31 bits per heavy atom. The third kappa shape index (κ3) is 7.25. The van der Waals surface area contributed by atoms with Gasteiger partial charge in [-0.3, -0.25) is 19.1 Å². The van der Waals surface area contributed by atoms with Gasteiger partial charge in [0, 0.05) is 18.2 Å². The minimum atomic E-state index is -4.92. The van der Waals surface area contributed by atoms with Gasteiger partial charge < -0.3 is 9.72 Å². The number of sulfonamides is 1. The Balaban J connectivity index is 1.48. The number of unbranched alkanes of at least 4 members (excludes halogenated alkanes) is 1. The smallest absolute Gasteiger partial charge is 0.406 e. The van der Waals surface area contributed by atoms with Crippen LogP contribution >= 0.6 is 0 Å². The fourth-order valence-corrected chi connectivity index (χ4v) is 5.88. The minimum Gasteiger partial charge on any atom is -0.406 e. The first-order chi connectivity index (χ1) is 21.3. The molecule has 5 aromatic rings. The summed E-state index contributed by atoms with van der Waals surface area (Å²) in [5.74, 6) is -1.37. The van der Waals surface area contributed by atoms with Crippen LogP contribution in [0.5, 0.6) is 5.75 Å². The first kappa shape index (κ1) is 31.5. The van der Waals surface area contributed by atoms with Crippen molar-refractivity contribution < 1.29 is 30.7 Å². The van der Waals surface area contributed by atoms with Gasteiger partial charge in [0.2, 0.25) is 0 Å². The quantitative estimate of drug-likeness (QED) is 0.164. The van der Waals surface area contributed by atoms with Crippen molar-refractivity contribution in [3.05, 3.63) is 116 Å². The van der Waals surface area contributed by atoms with Crippen molar-refractivity contribution in [3.63, 3.8) is 0 Å². The number of ether oxygens (including phenoxy) is 1. The lowest BCUT2D eigenvalue weighted by molar-refractivity contribution is -0.274. The number of hydrogen-bond acceptors (Lipinski definition) is 6. The van der Waals surface area contributed by atoms with Crippen LogP contribution in [0, 0.1) is 5.82 Å². The number of imidazole rings is 1. The number of aromatic nitrogens is 4. The van der Waals surface area contributed by atoms with E-state index in [0.717, 1.165) is 30.7 Å². The van der Waals surface area contributed by atoms with Gasteiger partial charge in [-0.1, -0.05) is 43.7 Å². The number of rotatable bonds is 11. The maximum absolute atomic E-state index is 14.8. The molecule has 0 bridgehead atoms. The van der Waals surface area contributed by atoms with Gasteiger partial charge in [-0.25, -0.2) is 22.6 Å². The highest BCUT2D eigenvalue weighted by Crippen LogP contribution is 2.30. The van der Waals surface area contributed by atoms with E-state index in [0.29, 0.717) is 29.9 Å². The summed E-state index contributed by atoms with van der Waals surface area (Å²) in [6.07, 6.45) is -3.34. The summed E-state index contributed by atoms with van der Waals surface area (Å²) < 4.78 is 85.4. The fraction of sp³-hybridized carbons (Fsp3) is 0.233. The number of halogens is 4. The molecule has 3 aromatic carbocycles. The molecule has 0 aliphatic carbocycles. The van der Waals surface area contributed by atoms with E-state index in [1.807, 2.05) is 6.92 Å². The first-order valence-corrected chi connectivity index (χ1v) is 15.3. The summed E-state index contributed by atoms with van der Waals surface area (Å²) in [6.45, 7) is 2.29. The van der Waals surface area contributed by atoms with E-state index in [9.17, 15) is 35.6 Å². The summed E-state index contributed by atoms with van der Waals surface area (Å²) in [4.78, 5) is 34.9. The van der Waals surface area contributed by atoms with Gasteiger partial charge in [0.15, 0.2) is 5.65 Å². The molecule has 0 saturated carbocycles. The van der Waals surface area contributed by atoms with E-state index in [1.165, 1.54) is 22.8 Å². The molecule has 0 saturated heterocycles. The minimum absolute atomic E-state index is 0.0928. The molecule has 0 aliphatic rings. The normalized spacial score (nSPS) is 12.7. The molecule has 45 heavy (non-hydrogen) atoms. The number of fused-ring (bicyclic) bond motifs is 1. The summed E-state index contributed by atoms with van der Waals surface area (Å²) in [5, 5.41) is 0. The molecule has 0 spiro atoms. The zero-order valence-electron chi connectivity index (χ0n) is 23.7. The van der Waals surface area contributed by atoms with Crippen LogP contribution in [0.1, 0.15) is 42.6 Å². The fourth-order valence-electron chi connectivity index (χ4n) is 4.82. The van der Waals surface area contributed by atoms with Gasteiger partial charge in [0.1, 0.15) is 22.9 Å². The predicted octanol–water partition coefficient (Wildman–Crippen LogP) is 5.43. The third-order valence-corrected chi connectivity index (χ3v) is 8.43. The number of nitrogens with zero attached hydrogens (tertiary/aromatic N) is 2. The number of nitrogens with one attached hydrogen (secondary N) is 3. The van der Waals surface area contributed by atoms with E-state index in [2.05, 4.69) is 24.4 Å². The van der Waals surface area contributed by atoms with E-state index >= 15 is 0 Å². The van der Waals surface area contributed by atoms with Gasteiger partial charge in [0.05, 0.1) is 4.90 Å². The molecular weight excluding hydrogens is 618 g/mol. The van der Waals surface area contributed by atoms with Crippen LogP contribution in [-0.4, -0.2) is 34.3 Å². The van der Waals surface area contributed by atoms with Gasteiger partial charge in [-0.2, -0.15) is 0 Å². The van der Waals surface area contributed by atoms with Gasteiger partial charge in [-0.05, 0) is 66.4 Å². The number of aromatic amines is 2. The topological polar surface area (TPSA) is 139 Å². The molecule has 15 heteroatoms. The Morgan fingerprint density at radius 1 is 0.978 bits per heavy atom. The highest BCUT2D eigenvalue weighted by molar-refractivity contribution is 7.92. The highest BCUT2D eigenvalue weighted by Gasteiger charge is 2.31. The molecule has 1 atom stereocenters. The predicted molar refractivity (Wildman–Crippen MR) is 158 cm³/mol. The van der Waals surface area contributed by atoms with Crippen LogP contribution in [0.25, 0.3) is 11.2 Å². The molecule has 10 nitrogen and oxygen atoms in total. The summed E-state index contributed by atoms with van der Waals surface area (Å²) in [7, 11) is -4.18. The molecule has 1 unspecified atom stereocenters. The van der Waals surface area contributed by atoms with Crippen molar-refractivity contribution in [2.24, 2.45) is 0 Å². The van der Waals surface area contributed by atoms with Crippen molar-refractivity contribution in [1.29, 1.82) is 0 Å². The number of benzene rings is 3. The van der Waals surface area contributed by atoms with E-state index in [4.69, 9.17) is 0 Å². The van der Waals surface area contributed by atoms with Crippen LogP contribution in [-0.2, 0) is 23.0 Å². The second-order valence-corrected chi connectivity index (χ2v) is 11.9. The molecule has 0 fully saturated rings. The summed E-state index contributed by atoms with van der Waals surface area (Å²) >= 11 is 0. The van der Waals surface area contributed by atoms with E-state index in [1.54, 1.807) is 30.3 Å². The monoisotopic (exact) mass is 645 g/mol. The standard InChI is InChI=1S/C30H27F4N5O5S/c1-2-3-16-39-27-25(28(40)37-29(39)41)35-26(36-27)23(17-19-6-4-5-7-24(19)31)18-8-10-20(11-9-18)38-45(42,43)22-14-12-21(13-15-22)44-30(32,33)34/h4-15,23,38H,2-3,16-17H2,1H3,(H,35,36)(H,37,40,41). The Morgan fingerprint density at radius 2 is 1.67 bits per heavy atom. The highest BCUT2D eigenvalue weighted by atomic mass is 32.2. The molecule has 0 aliphatic heterocycles. The summed E-state index contributed by atoms with van der Waals surface area (Å²) in [6, 6.07) is 16.0. The van der Waals surface area contributed by atoms with Crippen LogP contribution < -0.4 is 20.7 Å². The van der Waals surface area contributed by atoms with Crippen molar-refractivity contribution in [2.45, 2.75) is 49.9 Å². The van der Waals surface area contributed by atoms with Gasteiger partial charge in [-0.15, -0.1) is 13.2 Å².